The molecule has 32 heavy (non-hydrogen) atoms. The number of hydrogen-bond donors (Lipinski definition) is 2. The van der Waals surface area contributed by atoms with Crippen molar-refractivity contribution in [1.29, 1.82) is 0 Å². The van der Waals surface area contributed by atoms with Gasteiger partial charge in [0, 0.05) is 23.1 Å². The fourth-order valence-electron chi connectivity index (χ4n) is 4.86. The van der Waals surface area contributed by atoms with Crippen molar-refractivity contribution in [3.05, 3.63) is 83.1 Å². The molecule has 5 rings (SSSR count). The lowest BCUT2D eigenvalue weighted by atomic mass is 9.92. The first-order valence-corrected chi connectivity index (χ1v) is 10.6. The van der Waals surface area contributed by atoms with Crippen LogP contribution in [0.4, 0.5) is 4.39 Å². The molecule has 2 aromatic carbocycles. The van der Waals surface area contributed by atoms with E-state index in [0.717, 1.165) is 28.6 Å². The van der Waals surface area contributed by atoms with Gasteiger partial charge >= 0.3 is 5.97 Å². The number of carboxylic acids is 1. The zero-order valence-electron chi connectivity index (χ0n) is 17.6. The maximum Gasteiger partial charge on any atom is 0.307 e. The molecule has 1 aliphatic rings. The van der Waals surface area contributed by atoms with Gasteiger partial charge in [0.05, 0.1) is 24.4 Å². The fraction of sp³-hybridized carbons (Fsp3) is 0.292. The Balaban J connectivity index is 1.54. The third kappa shape index (κ3) is 3.27. The van der Waals surface area contributed by atoms with Crippen molar-refractivity contribution < 1.29 is 19.4 Å². The molecule has 0 radical (unpaired) electrons. The summed E-state index contributed by atoms with van der Waals surface area (Å²) in [6, 6.07) is 13.5. The van der Waals surface area contributed by atoms with Crippen LogP contribution in [-0.2, 0) is 29.8 Å². The first-order chi connectivity index (χ1) is 15.4. The predicted molar refractivity (Wildman–Crippen MR) is 116 cm³/mol. The van der Waals surface area contributed by atoms with Gasteiger partial charge in [-0.05, 0) is 49.1 Å². The van der Waals surface area contributed by atoms with Gasteiger partial charge in [-0.15, -0.1) is 5.10 Å². The molecule has 0 saturated carbocycles. The van der Waals surface area contributed by atoms with Gasteiger partial charge in [-0.1, -0.05) is 35.5 Å². The van der Waals surface area contributed by atoms with Crippen molar-refractivity contribution in [2.24, 2.45) is 0 Å². The average molecular weight is 434 g/mol. The maximum absolute atomic E-state index is 13.4. The van der Waals surface area contributed by atoms with Gasteiger partial charge < -0.3 is 14.8 Å². The Bertz CT molecular complexity index is 1310. The Morgan fingerprint density at radius 3 is 2.72 bits per heavy atom. The zero-order valence-corrected chi connectivity index (χ0v) is 17.6. The summed E-state index contributed by atoms with van der Waals surface area (Å²) in [4.78, 5) is 11.5. The minimum absolute atomic E-state index is 0.0125. The monoisotopic (exact) mass is 434 g/mol. The van der Waals surface area contributed by atoms with E-state index in [1.807, 2.05) is 24.3 Å². The van der Waals surface area contributed by atoms with Gasteiger partial charge in [-0.3, -0.25) is 4.79 Å². The van der Waals surface area contributed by atoms with Crippen LogP contribution >= 0.6 is 0 Å². The summed E-state index contributed by atoms with van der Waals surface area (Å²) >= 11 is 0. The quantitative estimate of drug-likeness (QED) is 0.502. The summed E-state index contributed by atoms with van der Waals surface area (Å²) in [5, 5.41) is 30.0. The molecular weight excluding hydrogens is 411 g/mol. The van der Waals surface area contributed by atoms with E-state index in [0.29, 0.717) is 24.2 Å². The third-order valence-corrected chi connectivity index (χ3v) is 6.46. The molecule has 0 bridgehead atoms. The molecule has 1 unspecified atom stereocenters. The Labute approximate surface area is 183 Å². The summed E-state index contributed by atoms with van der Waals surface area (Å²) in [7, 11) is 0. The number of para-hydroxylation sites is 1. The lowest BCUT2D eigenvalue weighted by molar-refractivity contribution is -0.136. The van der Waals surface area contributed by atoms with E-state index in [1.54, 1.807) is 29.9 Å². The minimum Gasteiger partial charge on any atom is -0.481 e. The fourth-order valence-corrected chi connectivity index (χ4v) is 4.86. The maximum atomic E-state index is 13.4. The van der Waals surface area contributed by atoms with Gasteiger partial charge in [0.15, 0.2) is 0 Å². The molecule has 2 aromatic heterocycles. The third-order valence-electron chi connectivity index (χ3n) is 6.46. The molecule has 0 amide bonds. The highest BCUT2D eigenvalue weighted by atomic mass is 19.1. The second-order valence-corrected chi connectivity index (χ2v) is 8.46. The van der Waals surface area contributed by atoms with Crippen LogP contribution in [0.2, 0.25) is 0 Å². The van der Waals surface area contributed by atoms with E-state index in [2.05, 4.69) is 14.9 Å². The summed E-state index contributed by atoms with van der Waals surface area (Å²) in [6.45, 7) is 2.24. The summed E-state index contributed by atoms with van der Waals surface area (Å²) in [5.41, 5.74) is 2.58. The van der Waals surface area contributed by atoms with E-state index in [-0.39, 0.29) is 18.3 Å². The molecule has 2 atom stereocenters. The molecular formula is C24H23FN4O3. The molecule has 2 N–H and O–H groups in total. The number of benzene rings is 2. The van der Waals surface area contributed by atoms with Crippen LogP contribution < -0.4 is 0 Å². The Kier molecular flexibility index (Phi) is 4.82. The van der Waals surface area contributed by atoms with Crippen LogP contribution in [0.3, 0.4) is 0 Å². The largest absolute Gasteiger partial charge is 0.481 e. The number of aromatic nitrogens is 4. The number of hydrogen-bond acceptors (Lipinski definition) is 4. The molecule has 0 spiro atoms. The van der Waals surface area contributed by atoms with Crippen molar-refractivity contribution in [3.8, 4) is 0 Å². The number of nitrogens with zero attached hydrogens (tertiary/aromatic N) is 4. The standard InChI is InChI=1S/C24H23FN4O3/c1-24(32,15-6-8-16(25)9-7-15)22-13-26-27-29(22)17-10-11-21-19(12-23(30)31)18-4-2-3-5-20(18)28(21)14-17/h2-9,13,17,32H,10-12,14H2,1H3,(H,30,31)/t17-,24?/m1/s1. The number of fused-ring (bicyclic) bond motifs is 3. The van der Waals surface area contributed by atoms with Crippen LogP contribution in [0.15, 0.2) is 54.7 Å². The SMILES string of the molecule is CC(O)(c1ccc(F)cc1)c1cnnn1[C@@H]1CCc2c(CC(=O)O)c3ccccc3n2C1. The molecule has 8 heteroatoms. The molecule has 3 heterocycles. The van der Waals surface area contributed by atoms with Gasteiger partial charge in [-0.2, -0.15) is 0 Å². The van der Waals surface area contributed by atoms with E-state index in [4.69, 9.17) is 0 Å². The summed E-state index contributed by atoms with van der Waals surface area (Å²) in [6.07, 6.45) is 2.96. The smallest absolute Gasteiger partial charge is 0.307 e. The highest BCUT2D eigenvalue weighted by Gasteiger charge is 2.34. The second-order valence-electron chi connectivity index (χ2n) is 8.46. The zero-order chi connectivity index (χ0) is 22.5. The number of carboxylic acid groups (broad SMARTS) is 1. The number of halogens is 1. The molecule has 4 aromatic rings. The van der Waals surface area contributed by atoms with Gasteiger partial charge in [0.2, 0.25) is 0 Å². The topological polar surface area (TPSA) is 93.2 Å². The first kappa shape index (κ1) is 20.4. The highest BCUT2D eigenvalue weighted by Crippen LogP contribution is 2.37. The summed E-state index contributed by atoms with van der Waals surface area (Å²) < 4.78 is 17.3. The van der Waals surface area contributed by atoms with Crippen LogP contribution in [0.5, 0.6) is 0 Å². The van der Waals surface area contributed by atoms with Crippen LogP contribution in [0.25, 0.3) is 10.9 Å². The molecule has 164 valence electrons. The predicted octanol–water partition coefficient (Wildman–Crippen LogP) is 3.44. The van der Waals surface area contributed by atoms with Crippen molar-refractivity contribution >= 4 is 16.9 Å². The van der Waals surface area contributed by atoms with Gasteiger partial charge in [0.25, 0.3) is 0 Å². The minimum atomic E-state index is -1.40. The molecule has 1 aliphatic heterocycles. The van der Waals surface area contributed by atoms with E-state index < -0.39 is 11.6 Å². The van der Waals surface area contributed by atoms with Crippen molar-refractivity contribution in [2.45, 2.75) is 44.4 Å². The number of aliphatic carboxylic acids is 1. The average Bonchev–Trinajstić information content (AvgIpc) is 3.38. The Morgan fingerprint density at radius 1 is 1.22 bits per heavy atom. The lowest BCUT2D eigenvalue weighted by Gasteiger charge is -2.31. The van der Waals surface area contributed by atoms with E-state index in [1.165, 1.54) is 12.1 Å². The van der Waals surface area contributed by atoms with E-state index >= 15 is 0 Å². The first-order valence-electron chi connectivity index (χ1n) is 10.6. The van der Waals surface area contributed by atoms with Gasteiger partial charge in [0.1, 0.15) is 11.4 Å². The molecule has 7 nitrogen and oxygen atoms in total. The highest BCUT2D eigenvalue weighted by molar-refractivity contribution is 5.89. The van der Waals surface area contributed by atoms with E-state index in [9.17, 15) is 19.4 Å². The van der Waals surface area contributed by atoms with Crippen LogP contribution in [0, 0.1) is 5.82 Å². The lowest BCUT2D eigenvalue weighted by Crippen LogP contribution is -2.32. The number of rotatable bonds is 5. The summed E-state index contributed by atoms with van der Waals surface area (Å²) in [5.74, 6) is -1.21. The van der Waals surface area contributed by atoms with Crippen molar-refractivity contribution in [3.63, 3.8) is 0 Å². The Hall–Kier alpha value is -3.52. The van der Waals surface area contributed by atoms with Crippen molar-refractivity contribution in [1.82, 2.24) is 19.6 Å². The normalized spacial score (nSPS) is 17.8. The van der Waals surface area contributed by atoms with Gasteiger partial charge in [-0.25, -0.2) is 9.07 Å². The number of carbonyl (C=O) groups is 1. The van der Waals surface area contributed by atoms with Crippen LogP contribution in [-0.4, -0.2) is 35.7 Å². The molecule has 0 fully saturated rings. The van der Waals surface area contributed by atoms with Crippen LogP contribution in [0.1, 0.15) is 41.9 Å². The molecule has 0 aliphatic carbocycles. The second kappa shape index (κ2) is 7.56. The molecule has 0 saturated heterocycles. The van der Waals surface area contributed by atoms with Crippen molar-refractivity contribution in [2.75, 3.05) is 0 Å². The number of aliphatic hydroxyl groups is 1. The Morgan fingerprint density at radius 2 is 1.97 bits per heavy atom.